The Morgan fingerprint density at radius 1 is 1.41 bits per heavy atom. The molecule has 3 N–H and O–H groups in total. The lowest BCUT2D eigenvalue weighted by molar-refractivity contribution is 0.115. The normalized spacial score (nSPS) is 12.6. The quantitative estimate of drug-likeness (QED) is 0.753. The molecule has 1 unspecified atom stereocenters. The third-order valence-corrected chi connectivity index (χ3v) is 2.32. The van der Waals surface area contributed by atoms with Crippen LogP contribution in [-0.2, 0) is 0 Å². The summed E-state index contributed by atoms with van der Waals surface area (Å²) in [7, 11) is 0. The van der Waals surface area contributed by atoms with E-state index in [-0.39, 0.29) is 13.2 Å². The van der Waals surface area contributed by atoms with E-state index >= 15 is 0 Å². The molecule has 0 aliphatic heterocycles. The molecule has 0 bridgehead atoms. The van der Waals surface area contributed by atoms with Gasteiger partial charge in [-0.25, -0.2) is 4.79 Å². The molecule has 0 saturated heterocycles. The van der Waals surface area contributed by atoms with E-state index in [1.54, 1.807) is 18.2 Å². The second-order valence-corrected chi connectivity index (χ2v) is 3.63. The number of aliphatic hydroxyl groups is 1. The van der Waals surface area contributed by atoms with Crippen LogP contribution in [-0.4, -0.2) is 24.4 Å². The molecule has 2 aromatic rings. The van der Waals surface area contributed by atoms with Gasteiger partial charge in [-0.1, -0.05) is 12.1 Å². The minimum absolute atomic E-state index is 0.0456. The molecule has 0 radical (unpaired) electrons. The van der Waals surface area contributed by atoms with Gasteiger partial charge in [-0.2, -0.15) is 0 Å². The lowest BCUT2D eigenvalue weighted by Gasteiger charge is -2.11. The minimum atomic E-state index is -0.749. The lowest BCUT2D eigenvalue weighted by Crippen LogP contribution is -2.26. The summed E-state index contributed by atoms with van der Waals surface area (Å²) in [4.78, 5) is 11.3. The highest BCUT2D eigenvalue weighted by Gasteiger charge is 2.08. The van der Waals surface area contributed by atoms with Crippen molar-refractivity contribution in [2.24, 2.45) is 5.73 Å². The number of hydrogen-bond donors (Lipinski definition) is 2. The third-order valence-electron chi connectivity index (χ3n) is 2.32. The van der Waals surface area contributed by atoms with Gasteiger partial charge in [-0.15, -0.1) is 0 Å². The summed E-state index contributed by atoms with van der Waals surface area (Å²) < 4.78 is 10.4. The maximum absolute atomic E-state index is 11.3. The Morgan fingerprint density at radius 3 is 2.94 bits per heavy atom. The molecule has 1 heterocycles. The van der Waals surface area contributed by atoms with E-state index in [0.29, 0.717) is 16.7 Å². The first-order chi connectivity index (χ1) is 8.20. The molecule has 0 amide bonds. The zero-order chi connectivity index (χ0) is 12.3. The predicted octanol–water partition coefficient (Wildman–Crippen LogP) is 0.491. The van der Waals surface area contributed by atoms with Crippen molar-refractivity contribution < 1.29 is 14.3 Å². The van der Waals surface area contributed by atoms with Crippen LogP contribution < -0.4 is 16.1 Å². The fourth-order valence-electron chi connectivity index (χ4n) is 1.46. The van der Waals surface area contributed by atoms with Crippen molar-refractivity contribution in [3.63, 3.8) is 0 Å². The van der Waals surface area contributed by atoms with Crippen molar-refractivity contribution in [3.8, 4) is 5.75 Å². The highest BCUT2D eigenvalue weighted by molar-refractivity contribution is 5.82. The van der Waals surface area contributed by atoms with E-state index in [4.69, 9.17) is 14.9 Å². The molecule has 5 heteroatoms. The summed E-state index contributed by atoms with van der Waals surface area (Å²) >= 11 is 0. The predicted molar refractivity (Wildman–Crippen MR) is 63.0 cm³/mol. The van der Waals surface area contributed by atoms with Gasteiger partial charge >= 0.3 is 5.63 Å². The van der Waals surface area contributed by atoms with Crippen LogP contribution in [0.4, 0.5) is 0 Å². The van der Waals surface area contributed by atoms with Gasteiger partial charge in [0.15, 0.2) is 0 Å². The van der Waals surface area contributed by atoms with Crippen LogP contribution in [0.1, 0.15) is 0 Å². The van der Waals surface area contributed by atoms with Gasteiger partial charge in [0.1, 0.15) is 24.0 Å². The van der Waals surface area contributed by atoms with Crippen LogP contribution in [0, 0.1) is 0 Å². The van der Waals surface area contributed by atoms with Crippen LogP contribution in [0.3, 0.4) is 0 Å². The van der Waals surface area contributed by atoms with E-state index in [1.165, 1.54) is 6.07 Å². The van der Waals surface area contributed by atoms with Crippen LogP contribution in [0.25, 0.3) is 11.0 Å². The molecule has 90 valence electrons. The van der Waals surface area contributed by atoms with Crippen molar-refractivity contribution in [1.29, 1.82) is 0 Å². The minimum Gasteiger partial charge on any atom is -0.490 e. The summed E-state index contributed by atoms with van der Waals surface area (Å²) in [6.45, 7) is 0.156. The van der Waals surface area contributed by atoms with Gasteiger partial charge in [-0.05, 0) is 12.1 Å². The molecular formula is C12H13NO4. The average molecular weight is 235 g/mol. The SMILES string of the molecule is NCC(O)COc1cc(=O)oc2ccccc12. The topological polar surface area (TPSA) is 85.7 Å². The number of hydrogen-bond acceptors (Lipinski definition) is 5. The fraction of sp³-hybridized carbons (Fsp3) is 0.250. The van der Waals surface area contributed by atoms with Crippen LogP contribution in [0.15, 0.2) is 39.5 Å². The summed E-state index contributed by atoms with van der Waals surface area (Å²) in [5.41, 5.74) is 5.24. The Hall–Kier alpha value is -1.85. The van der Waals surface area contributed by atoms with E-state index in [0.717, 1.165) is 0 Å². The van der Waals surface area contributed by atoms with Gasteiger partial charge in [0.2, 0.25) is 0 Å². The van der Waals surface area contributed by atoms with Crippen LogP contribution in [0.5, 0.6) is 5.75 Å². The number of aliphatic hydroxyl groups excluding tert-OH is 1. The number of ether oxygens (including phenoxy) is 1. The Kier molecular flexibility index (Phi) is 3.41. The van der Waals surface area contributed by atoms with Gasteiger partial charge < -0.3 is 20.0 Å². The van der Waals surface area contributed by atoms with Gasteiger partial charge in [-0.3, -0.25) is 0 Å². The zero-order valence-corrected chi connectivity index (χ0v) is 9.13. The highest BCUT2D eigenvalue weighted by Crippen LogP contribution is 2.23. The maximum Gasteiger partial charge on any atom is 0.339 e. The molecule has 0 fully saturated rings. The van der Waals surface area contributed by atoms with E-state index in [1.807, 2.05) is 6.07 Å². The van der Waals surface area contributed by atoms with E-state index < -0.39 is 11.7 Å². The summed E-state index contributed by atoms with van der Waals surface area (Å²) in [5.74, 6) is 0.393. The van der Waals surface area contributed by atoms with E-state index in [2.05, 4.69) is 0 Å². The molecular weight excluding hydrogens is 222 g/mol. The van der Waals surface area contributed by atoms with Crippen molar-refractivity contribution in [2.45, 2.75) is 6.10 Å². The van der Waals surface area contributed by atoms with Crippen LogP contribution >= 0.6 is 0 Å². The maximum atomic E-state index is 11.3. The zero-order valence-electron chi connectivity index (χ0n) is 9.13. The fourth-order valence-corrected chi connectivity index (χ4v) is 1.46. The molecule has 2 rings (SSSR count). The molecule has 1 aromatic carbocycles. The Balaban J connectivity index is 2.35. The van der Waals surface area contributed by atoms with Gasteiger partial charge in [0, 0.05) is 6.54 Å². The average Bonchev–Trinajstić information content (AvgIpc) is 2.35. The smallest absolute Gasteiger partial charge is 0.339 e. The first-order valence-corrected chi connectivity index (χ1v) is 5.24. The number of benzene rings is 1. The molecule has 0 spiro atoms. The van der Waals surface area contributed by atoms with Crippen molar-refractivity contribution in [2.75, 3.05) is 13.2 Å². The number of para-hydroxylation sites is 1. The first-order valence-electron chi connectivity index (χ1n) is 5.24. The van der Waals surface area contributed by atoms with Crippen molar-refractivity contribution >= 4 is 11.0 Å². The Morgan fingerprint density at radius 2 is 2.18 bits per heavy atom. The Labute approximate surface area is 97.4 Å². The molecule has 1 atom stereocenters. The van der Waals surface area contributed by atoms with Crippen molar-refractivity contribution in [1.82, 2.24) is 0 Å². The molecule has 0 aliphatic carbocycles. The second-order valence-electron chi connectivity index (χ2n) is 3.63. The molecule has 0 saturated carbocycles. The first kappa shape index (κ1) is 11.6. The molecule has 0 aliphatic rings. The summed E-state index contributed by atoms with van der Waals surface area (Å²) in [5, 5.41) is 10.0. The second kappa shape index (κ2) is 4.99. The number of fused-ring (bicyclic) bond motifs is 1. The van der Waals surface area contributed by atoms with Crippen LogP contribution in [0.2, 0.25) is 0 Å². The molecule has 17 heavy (non-hydrogen) atoms. The van der Waals surface area contributed by atoms with E-state index in [9.17, 15) is 9.90 Å². The van der Waals surface area contributed by atoms with Gasteiger partial charge in [0.05, 0.1) is 11.5 Å². The standard InChI is InChI=1S/C12H13NO4/c13-6-8(14)7-16-11-5-12(15)17-10-4-2-1-3-9(10)11/h1-5,8,14H,6-7,13H2. The van der Waals surface area contributed by atoms with Gasteiger partial charge in [0.25, 0.3) is 0 Å². The Bertz CT molecular complexity index is 564. The molecule has 1 aromatic heterocycles. The lowest BCUT2D eigenvalue weighted by atomic mass is 10.2. The summed E-state index contributed by atoms with van der Waals surface area (Å²) in [6, 6.07) is 8.30. The largest absolute Gasteiger partial charge is 0.490 e. The number of nitrogens with two attached hydrogens (primary N) is 1. The van der Waals surface area contributed by atoms with Crippen molar-refractivity contribution in [3.05, 3.63) is 40.8 Å². The molecule has 5 nitrogen and oxygen atoms in total. The monoisotopic (exact) mass is 235 g/mol. The summed E-state index contributed by atoms with van der Waals surface area (Å²) in [6.07, 6.45) is -0.749. The number of rotatable bonds is 4. The third kappa shape index (κ3) is 2.64. The highest BCUT2D eigenvalue weighted by atomic mass is 16.5.